The van der Waals surface area contributed by atoms with Crippen LogP contribution >= 0.6 is 0 Å². The van der Waals surface area contributed by atoms with E-state index in [0.717, 1.165) is 10.9 Å². The van der Waals surface area contributed by atoms with E-state index >= 15 is 0 Å². The number of para-hydroxylation sites is 1. The van der Waals surface area contributed by atoms with E-state index in [0.29, 0.717) is 17.1 Å². The quantitative estimate of drug-likeness (QED) is 0.590. The number of nitrogens with one attached hydrogen (secondary N) is 1. The van der Waals surface area contributed by atoms with Crippen LogP contribution in [-0.2, 0) is 0 Å². The van der Waals surface area contributed by atoms with Gasteiger partial charge in [-0.15, -0.1) is 0 Å². The van der Waals surface area contributed by atoms with Gasteiger partial charge in [0.25, 0.3) is 0 Å². The maximum atomic E-state index is 13.4. The summed E-state index contributed by atoms with van der Waals surface area (Å²) in [5, 5.41) is 0.997. The lowest BCUT2D eigenvalue weighted by atomic mass is 10.2. The van der Waals surface area contributed by atoms with Crippen molar-refractivity contribution < 1.29 is 13.9 Å². The standard InChI is InChI=1S/C20H15FN4O2/c1-13-18(12-22-19(23-13)15-6-4-7-16(21)11-15)27-20(26)24-25-10-9-14-5-2-3-8-17(14)25/h2-12H,1H3,(H,24,26). The molecule has 0 saturated carbocycles. The number of benzene rings is 2. The van der Waals surface area contributed by atoms with Crippen molar-refractivity contribution in [2.45, 2.75) is 6.92 Å². The number of aryl methyl sites for hydroxylation is 1. The summed E-state index contributed by atoms with van der Waals surface area (Å²) in [6.45, 7) is 1.69. The van der Waals surface area contributed by atoms with E-state index in [-0.39, 0.29) is 11.6 Å². The van der Waals surface area contributed by atoms with Crippen LogP contribution < -0.4 is 10.2 Å². The summed E-state index contributed by atoms with van der Waals surface area (Å²) in [5.74, 6) is 0.215. The fourth-order valence-corrected chi connectivity index (χ4v) is 2.72. The first kappa shape index (κ1) is 16.7. The highest BCUT2D eigenvalue weighted by atomic mass is 19.1. The second-order valence-corrected chi connectivity index (χ2v) is 5.90. The van der Waals surface area contributed by atoms with Crippen molar-refractivity contribution in [3.05, 3.63) is 78.5 Å². The number of nitrogens with zero attached hydrogens (tertiary/aromatic N) is 3. The molecule has 0 saturated heterocycles. The Morgan fingerprint density at radius 2 is 2.00 bits per heavy atom. The van der Waals surface area contributed by atoms with Crippen molar-refractivity contribution in [2.75, 3.05) is 5.43 Å². The Morgan fingerprint density at radius 3 is 2.81 bits per heavy atom. The first-order chi connectivity index (χ1) is 13.1. The fraction of sp³-hybridized carbons (Fsp3) is 0.0500. The van der Waals surface area contributed by atoms with Gasteiger partial charge in [0.1, 0.15) is 5.82 Å². The van der Waals surface area contributed by atoms with Crippen molar-refractivity contribution >= 4 is 17.0 Å². The van der Waals surface area contributed by atoms with Gasteiger partial charge in [-0.2, -0.15) is 0 Å². The molecule has 0 aliphatic heterocycles. The minimum Gasteiger partial charge on any atom is -0.406 e. The number of hydrogen-bond donors (Lipinski definition) is 1. The van der Waals surface area contributed by atoms with Crippen molar-refractivity contribution in [2.24, 2.45) is 0 Å². The normalized spacial score (nSPS) is 10.7. The molecule has 0 bridgehead atoms. The van der Waals surface area contributed by atoms with Crippen molar-refractivity contribution in [3.63, 3.8) is 0 Å². The molecule has 1 N–H and O–H groups in total. The number of carbonyl (C=O) groups is 1. The highest BCUT2D eigenvalue weighted by Gasteiger charge is 2.12. The Balaban J connectivity index is 1.51. The van der Waals surface area contributed by atoms with E-state index < -0.39 is 6.09 Å². The summed E-state index contributed by atoms with van der Waals surface area (Å²) in [6, 6.07) is 15.5. The predicted molar refractivity (Wildman–Crippen MR) is 99.5 cm³/mol. The third-order valence-electron chi connectivity index (χ3n) is 4.03. The Bertz CT molecular complexity index is 1140. The molecule has 0 unspecified atom stereocenters. The van der Waals surface area contributed by atoms with Crippen LogP contribution in [0.4, 0.5) is 9.18 Å². The first-order valence-electron chi connectivity index (χ1n) is 8.25. The van der Waals surface area contributed by atoms with Gasteiger partial charge in [0.05, 0.1) is 17.4 Å². The number of ether oxygens (including phenoxy) is 1. The number of carbonyl (C=O) groups excluding carboxylic acids is 1. The topological polar surface area (TPSA) is 69.0 Å². The van der Waals surface area contributed by atoms with Gasteiger partial charge in [-0.1, -0.05) is 30.3 Å². The van der Waals surface area contributed by atoms with Crippen LogP contribution in [-0.4, -0.2) is 20.7 Å². The Morgan fingerprint density at radius 1 is 1.15 bits per heavy atom. The van der Waals surface area contributed by atoms with Crippen LogP contribution in [0.1, 0.15) is 5.69 Å². The van der Waals surface area contributed by atoms with Gasteiger partial charge in [0, 0.05) is 17.1 Å². The van der Waals surface area contributed by atoms with Gasteiger partial charge in [-0.05, 0) is 31.2 Å². The molecule has 134 valence electrons. The molecular weight excluding hydrogens is 347 g/mol. The largest absolute Gasteiger partial charge is 0.432 e. The lowest BCUT2D eigenvalue weighted by Crippen LogP contribution is -2.25. The Hall–Kier alpha value is -3.74. The molecule has 7 heteroatoms. The van der Waals surface area contributed by atoms with Crippen molar-refractivity contribution in [1.82, 2.24) is 14.6 Å². The maximum absolute atomic E-state index is 13.4. The van der Waals surface area contributed by atoms with Crippen LogP contribution in [0.3, 0.4) is 0 Å². The fourth-order valence-electron chi connectivity index (χ4n) is 2.72. The third-order valence-corrected chi connectivity index (χ3v) is 4.03. The average molecular weight is 362 g/mol. The molecule has 2 aromatic carbocycles. The molecule has 0 aliphatic rings. The molecule has 1 amide bonds. The van der Waals surface area contributed by atoms with Crippen molar-refractivity contribution in [1.29, 1.82) is 0 Å². The Labute approximate surface area is 154 Å². The van der Waals surface area contributed by atoms with Crippen LogP contribution in [0, 0.1) is 12.7 Å². The molecule has 6 nitrogen and oxygen atoms in total. The second kappa shape index (κ2) is 6.87. The van der Waals surface area contributed by atoms with Crippen LogP contribution in [0.25, 0.3) is 22.3 Å². The monoisotopic (exact) mass is 362 g/mol. The number of halogens is 1. The van der Waals surface area contributed by atoms with E-state index in [1.807, 2.05) is 30.3 Å². The van der Waals surface area contributed by atoms with Crippen molar-refractivity contribution in [3.8, 4) is 17.1 Å². The summed E-state index contributed by atoms with van der Waals surface area (Å²) in [6.07, 6.45) is 2.47. The number of fused-ring (bicyclic) bond motifs is 1. The van der Waals surface area contributed by atoms with E-state index in [2.05, 4.69) is 15.4 Å². The Kier molecular flexibility index (Phi) is 4.25. The zero-order valence-corrected chi connectivity index (χ0v) is 14.4. The van der Waals surface area contributed by atoms with Crippen LogP contribution in [0.2, 0.25) is 0 Å². The molecule has 2 heterocycles. The summed E-state index contributed by atoms with van der Waals surface area (Å²) >= 11 is 0. The summed E-state index contributed by atoms with van der Waals surface area (Å²) in [4.78, 5) is 20.7. The number of hydrogen-bond acceptors (Lipinski definition) is 4. The van der Waals surface area contributed by atoms with Gasteiger partial charge in [-0.3, -0.25) is 4.68 Å². The zero-order chi connectivity index (χ0) is 18.8. The van der Waals surface area contributed by atoms with Crippen LogP contribution in [0.5, 0.6) is 5.75 Å². The molecular formula is C20H15FN4O2. The molecule has 0 atom stereocenters. The smallest absolute Gasteiger partial charge is 0.406 e. The number of rotatable bonds is 3. The van der Waals surface area contributed by atoms with Crippen LogP contribution in [0.15, 0.2) is 67.0 Å². The molecule has 4 rings (SSSR count). The molecule has 27 heavy (non-hydrogen) atoms. The number of aromatic nitrogens is 3. The van der Waals surface area contributed by atoms with E-state index in [9.17, 15) is 9.18 Å². The minimum absolute atomic E-state index is 0.226. The van der Waals surface area contributed by atoms with E-state index in [1.165, 1.54) is 18.3 Å². The van der Waals surface area contributed by atoms with E-state index in [4.69, 9.17) is 4.74 Å². The van der Waals surface area contributed by atoms with Gasteiger partial charge < -0.3 is 4.74 Å². The zero-order valence-electron chi connectivity index (χ0n) is 14.4. The highest BCUT2D eigenvalue weighted by Crippen LogP contribution is 2.21. The maximum Gasteiger partial charge on any atom is 0.432 e. The third kappa shape index (κ3) is 3.48. The van der Waals surface area contributed by atoms with Gasteiger partial charge in [0.2, 0.25) is 0 Å². The summed E-state index contributed by atoms with van der Waals surface area (Å²) in [5.41, 5.74) is 4.51. The highest BCUT2D eigenvalue weighted by molar-refractivity contribution is 5.85. The summed E-state index contributed by atoms with van der Waals surface area (Å²) < 4.78 is 20.3. The second-order valence-electron chi connectivity index (χ2n) is 5.90. The lowest BCUT2D eigenvalue weighted by Gasteiger charge is -2.10. The SMILES string of the molecule is Cc1nc(-c2cccc(F)c2)ncc1OC(=O)Nn1ccc2ccccc21. The lowest BCUT2D eigenvalue weighted by molar-refractivity contribution is 0.211. The van der Waals surface area contributed by atoms with Gasteiger partial charge >= 0.3 is 6.09 Å². The van der Waals surface area contributed by atoms with Gasteiger partial charge in [-0.25, -0.2) is 24.6 Å². The number of amides is 1. The molecule has 2 aromatic heterocycles. The minimum atomic E-state index is -0.665. The summed E-state index contributed by atoms with van der Waals surface area (Å²) in [7, 11) is 0. The predicted octanol–water partition coefficient (Wildman–Crippen LogP) is 4.29. The molecule has 0 radical (unpaired) electrons. The van der Waals surface area contributed by atoms with E-state index in [1.54, 1.807) is 29.9 Å². The molecule has 0 spiro atoms. The molecule has 4 aromatic rings. The van der Waals surface area contributed by atoms with Gasteiger partial charge in [0.15, 0.2) is 11.6 Å². The average Bonchev–Trinajstić information content (AvgIpc) is 3.06. The molecule has 0 fully saturated rings. The first-order valence-corrected chi connectivity index (χ1v) is 8.25. The molecule has 0 aliphatic carbocycles.